The zero-order chi connectivity index (χ0) is 12.9. The summed E-state index contributed by atoms with van der Waals surface area (Å²) in [6.45, 7) is 3.56. The van der Waals surface area contributed by atoms with E-state index in [0.717, 1.165) is 38.4 Å². The summed E-state index contributed by atoms with van der Waals surface area (Å²) in [4.78, 5) is 0. The van der Waals surface area contributed by atoms with Crippen LogP contribution >= 0.6 is 0 Å². The van der Waals surface area contributed by atoms with Crippen LogP contribution in [0.4, 0.5) is 0 Å². The number of hydrogen-bond donors (Lipinski definition) is 1. The largest absolute Gasteiger partial charge is 0.381 e. The summed E-state index contributed by atoms with van der Waals surface area (Å²) in [5.74, 6) is 0.612. The van der Waals surface area contributed by atoms with Crippen LogP contribution in [0.5, 0.6) is 0 Å². The Morgan fingerprint density at radius 1 is 1.26 bits per heavy atom. The molecule has 0 spiro atoms. The second-order valence-corrected chi connectivity index (χ2v) is 5.88. The van der Waals surface area contributed by atoms with Gasteiger partial charge in [-0.05, 0) is 19.3 Å². The average molecular weight is 264 g/mol. The topological polar surface area (TPSA) is 52.0 Å². The van der Waals surface area contributed by atoms with Gasteiger partial charge in [0, 0.05) is 37.9 Å². The lowest BCUT2D eigenvalue weighted by molar-refractivity contribution is 0.181. The minimum atomic E-state index is 0.612. The highest BCUT2D eigenvalue weighted by Crippen LogP contribution is 2.18. The quantitative estimate of drug-likeness (QED) is 0.880. The third-order valence-corrected chi connectivity index (χ3v) is 4.23. The van der Waals surface area contributed by atoms with E-state index in [4.69, 9.17) is 4.74 Å². The fourth-order valence-electron chi connectivity index (χ4n) is 3.06. The number of hydrogen-bond acceptors (Lipinski definition) is 4. The molecule has 0 radical (unpaired) electrons. The lowest BCUT2D eigenvalue weighted by Gasteiger charge is -2.22. The molecule has 1 aliphatic carbocycles. The molecule has 1 atom stereocenters. The molecule has 1 saturated carbocycles. The highest BCUT2D eigenvalue weighted by Gasteiger charge is 2.17. The summed E-state index contributed by atoms with van der Waals surface area (Å²) in [5.41, 5.74) is 1.06. The predicted octanol–water partition coefficient (Wildman–Crippen LogP) is 1.74. The van der Waals surface area contributed by atoms with Crippen molar-refractivity contribution in [1.82, 2.24) is 20.3 Å². The summed E-state index contributed by atoms with van der Waals surface area (Å²) < 4.78 is 7.36. The van der Waals surface area contributed by atoms with Crippen molar-refractivity contribution in [3.8, 4) is 0 Å². The zero-order valence-corrected chi connectivity index (χ0v) is 11.6. The van der Waals surface area contributed by atoms with Crippen LogP contribution in [-0.2, 0) is 17.8 Å². The fourth-order valence-corrected chi connectivity index (χ4v) is 3.06. The Labute approximate surface area is 114 Å². The molecule has 19 heavy (non-hydrogen) atoms. The monoisotopic (exact) mass is 264 g/mol. The van der Waals surface area contributed by atoms with Crippen LogP contribution in [0.25, 0.3) is 0 Å². The van der Waals surface area contributed by atoms with E-state index in [-0.39, 0.29) is 0 Å². The molecule has 0 bridgehead atoms. The van der Waals surface area contributed by atoms with Crippen molar-refractivity contribution in [3.63, 3.8) is 0 Å². The summed E-state index contributed by atoms with van der Waals surface area (Å²) >= 11 is 0. The Hall–Kier alpha value is -0.940. The van der Waals surface area contributed by atoms with Gasteiger partial charge in [-0.3, -0.25) is 4.68 Å². The predicted molar refractivity (Wildman–Crippen MR) is 72.7 cm³/mol. The van der Waals surface area contributed by atoms with E-state index in [9.17, 15) is 0 Å². The summed E-state index contributed by atoms with van der Waals surface area (Å²) in [7, 11) is 0. The molecule has 2 heterocycles. The van der Waals surface area contributed by atoms with Crippen LogP contribution in [-0.4, -0.2) is 34.2 Å². The minimum Gasteiger partial charge on any atom is -0.381 e. The van der Waals surface area contributed by atoms with Gasteiger partial charge < -0.3 is 10.1 Å². The molecule has 2 fully saturated rings. The van der Waals surface area contributed by atoms with Gasteiger partial charge >= 0.3 is 0 Å². The van der Waals surface area contributed by atoms with E-state index in [1.807, 2.05) is 4.68 Å². The first-order valence-electron chi connectivity index (χ1n) is 7.60. The molecule has 2 aliphatic rings. The van der Waals surface area contributed by atoms with Crippen molar-refractivity contribution in [2.24, 2.45) is 5.92 Å². The van der Waals surface area contributed by atoms with Gasteiger partial charge in [0.1, 0.15) is 0 Å². The van der Waals surface area contributed by atoms with Crippen molar-refractivity contribution in [3.05, 3.63) is 11.9 Å². The first-order chi connectivity index (χ1) is 9.40. The van der Waals surface area contributed by atoms with Gasteiger partial charge in [0.05, 0.1) is 12.3 Å². The maximum absolute atomic E-state index is 5.39. The van der Waals surface area contributed by atoms with Crippen LogP contribution in [0.15, 0.2) is 6.20 Å². The highest BCUT2D eigenvalue weighted by atomic mass is 16.5. The Morgan fingerprint density at radius 2 is 2.16 bits per heavy atom. The smallest absolute Gasteiger partial charge is 0.0964 e. The molecule has 1 saturated heterocycles. The standard InChI is InChI=1S/C14H24N4O/c1-2-4-13(5-3-1)15-8-14-10-18(17-16-14)9-12-6-7-19-11-12/h10,12-13,15H,1-9,11H2/t12-/m1/s1. The van der Waals surface area contributed by atoms with E-state index >= 15 is 0 Å². The van der Waals surface area contributed by atoms with E-state index in [2.05, 4.69) is 21.8 Å². The van der Waals surface area contributed by atoms with Gasteiger partial charge in [-0.1, -0.05) is 24.5 Å². The second kappa shape index (κ2) is 6.48. The first-order valence-corrected chi connectivity index (χ1v) is 7.60. The molecule has 0 amide bonds. The van der Waals surface area contributed by atoms with Crippen molar-refractivity contribution in [2.45, 2.75) is 57.7 Å². The second-order valence-electron chi connectivity index (χ2n) is 5.88. The molecule has 3 rings (SSSR count). The minimum absolute atomic E-state index is 0.612. The molecule has 5 heteroatoms. The van der Waals surface area contributed by atoms with Crippen molar-refractivity contribution < 1.29 is 4.74 Å². The SMILES string of the molecule is c1c(CNC2CCCCC2)nnn1C[C@H]1CCOC1. The van der Waals surface area contributed by atoms with Crippen LogP contribution in [0.1, 0.15) is 44.2 Å². The number of nitrogens with one attached hydrogen (secondary N) is 1. The zero-order valence-electron chi connectivity index (χ0n) is 11.6. The Morgan fingerprint density at radius 3 is 2.95 bits per heavy atom. The first kappa shape index (κ1) is 13.1. The van der Waals surface area contributed by atoms with Gasteiger partial charge in [0.15, 0.2) is 0 Å². The molecule has 1 N–H and O–H groups in total. The third-order valence-electron chi connectivity index (χ3n) is 4.23. The molecule has 1 aromatic heterocycles. The van der Waals surface area contributed by atoms with Crippen LogP contribution in [0.2, 0.25) is 0 Å². The summed E-state index contributed by atoms with van der Waals surface area (Å²) in [6.07, 6.45) is 9.99. The van der Waals surface area contributed by atoms with Crippen LogP contribution < -0.4 is 5.32 Å². The summed E-state index contributed by atoms with van der Waals surface area (Å²) in [5, 5.41) is 12.1. The Kier molecular flexibility index (Phi) is 4.45. The van der Waals surface area contributed by atoms with E-state index in [1.54, 1.807) is 0 Å². The molecular weight excluding hydrogens is 240 g/mol. The van der Waals surface area contributed by atoms with Crippen molar-refractivity contribution >= 4 is 0 Å². The highest BCUT2D eigenvalue weighted by molar-refractivity contribution is 4.92. The Bertz CT molecular complexity index is 381. The Balaban J connectivity index is 1.44. The number of aromatic nitrogens is 3. The van der Waals surface area contributed by atoms with Gasteiger partial charge in [0.2, 0.25) is 0 Å². The van der Waals surface area contributed by atoms with Gasteiger partial charge in [0.25, 0.3) is 0 Å². The van der Waals surface area contributed by atoms with Crippen molar-refractivity contribution in [2.75, 3.05) is 13.2 Å². The molecule has 0 aromatic carbocycles. The molecule has 106 valence electrons. The molecule has 5 nitrogen and oxygen atoms in total. The maximum Gasteiger partial charge on any atom is 0.0964 e. The lowest BCUT2D eigenvalue weighted by Crippen LogP contribution is -2.30. The van der Waals surface area contributed by atoms with Gasteiger partial charge in [-0.15, -0.1) is 5.10 Å². The van der Waals surface area contributed by atoms with E-state index in [1.165, 1.54) is 32.1 Å². The molecule has 1 aliphatic heterocycles. The number of ether oxygens (including phenoxy) is 1. The van der Waals surface area contributed by atoms with Gasteiger partial charge in [-0.25, -0.2) is 0 Å². The van der Waals surface area contributed by atoms with Crippen LogP contribution in [0, 0.1) is 5.92 Å². The lowest BCUT2D eigenvalue weighted by atomic mass is 9.95. The third kappa shape index (κ3) is 3.76. The number of rotatable bonds is 5. The molecular formula is C14H24N4O. The van der Waals surface area contributed by atoms with Crippen LogP contribution in [0.3, 0.4) is 0 Å². The van der Waals surface area contributed by atoms with Gasteiger partial charge in [-0.2, -0.15) is 0 Å². The average Bonchev–Trinajstić information content (AvgIpc) is 3.10. The number of nitrogens with zero attached hydrogens (tertiary/aromatic N) is 3. The maximum atomic E-state index is 5.39. The fraction of sp³-hybridized carbons (Fsp3) is 0.857. The van der Waals surface area contributed by atoms with Crippen molar-refractivity contribution in [1.29, 1.82) is 0 Å². The molecule has 0 unspecified atom stereocenters. The normalized spacial score (nSPS) is 24.9. The van der Waals surface area contributed by atoms with E-state index in [0.29, 0.717) is 12.0 Å². The molecule has 1 aromatic rings. The summed E-state index contributed by atoms with van der Waals surface area (Å²) in [6, 6.07) is 0.683. The van der Waals surface area contributed by atoms with E-state index < -0.39 is 0 Å².